The lowest BCUT2D eigenvalue weighted by Gasteiger charge is -2.06. The average Bonchev–Trinajstić information content (AvgIpc) is 1.44. The highest BCUT2D eigenvalue weighted by atomic mass is 16.5. The summed E-state index contributed by atoms with van der Waals surface area (Å²) in [5.41, 5.74) is 18.6. The third-order valence-electron chi connectivity index (χ3n) is 19.2. The molecule has 0 saturated heterocycles. The number of benzene rings is 8. The molecule has 8 aromatic rings. The third-order valence-corrected chi connectivity index (χ3v) is 19.2. The molecule has 8 rings (SSSR count). The van der Waals surface area contributed by atoms with Gasteiger partial charge in [0.25, 0.3) is 0 Å². The van der Waals surface area contributed by atoms with Crippen molar-refractivity contribution < 1.29 is 78.1 Å². The molecule has 0 bridgehead atoms. The van der Waals surface area contributed by atoms with Crippen molar-refractivity contribution in [2.75, 3.05) is 20.3 Å². The highest BCUT2D eigenvalue weighted by molar-refractivity contribution is 5.89. The van der Waals surface area contributed by atoms with Gasteiger partial charge < -0.3 is 39.7 Å². The molecule has 16 nitrogen and oxygen atoms in total. The molecule has 0 aliphatic heterocycles. The van der Waals surface area contributed by atoms with E-state index in [-0.39, 0.29) is 30.7 Å². The van der Waals surface area contributed by atoms with Gasteiger partial charge in [-0.05, 0) is 279 Å². The van der Waals surface area contributed by atoms with Gasteiger partial charge in [0.05, 0.1) is 31.5 Å². The first-order valence-corrected chi connectivity index (χ1v) is 45.6. The summed E-state index contributed by atoms with van der Waals surface area (Å²) in [4.78, 5) is 85.5. The Balaban J connectivity index is 0.000000721. The zero-order chi connectivity index (χ0) is 94.3. The number of carbonyl (C=O) groups excluding carboxylic acids is 3. The van der Waals surface area contributed by atoms with E-state index >= 15 is 0 Å². The van der Waals surface area contributed by atoms with E-state index in [0.29, 0.717) is 97.4 Å². The number of methoxy groups -OCH3 is 1. The molecule has 0 atom stereocenters. The van der Waals surface area contributed by atoms with Gasteiger partial charge in [-0.25, -0.2) is 14.4 Å². The lowest BCUT2D eigenvalue weighted by Crippen LogP contribution is -2.05. The number of aryl methyl sites for hydroxylation is 5. The van der Waals surface area contributed by atoms with Crippen LogP contribution in [0.25, 0.3) is 6.08 Å². The molecule has 0 radical (unpaired) electrons. The smallest absolute Gasteiger partial charge is 0.337 e. The molecule has 126 heavy (non-hydrogen) atoms. The SMILES string of the molecule is CC(C)Cc1ccc(/C=C/C(=O)O)cc1.CC(C)Cc1ccc(C(=O)O)cc1.CC(C)Cc1ccc(CCC(=O)O)cc1.CC(C)Cc1ccc(CCCC(=O)O)cc1.CC(C)Cc1ccc(CCCCCC(=O)O)cc1.CCOC(=O)CCCc1ccc(CC(C)C)cc1.CCOC(=O)CCc1ccc(CC(C)C)cc1.COC(=O)c1ccc(CC(C)C)cc1. The molecule has 0 unspecified atom stereocenters. The number of ether oxygens (including phenoxy) is 3. The Labute approximate surface area is 756 Å². The van der Waals surface area contributed by atoms with Gasteiger partial charge in [0.2, 0.25) is 0 Å². The molecule has 0 spiro atoms. The van der Waals surface area contributed by atoms with Crippen LogP contribution in [-0.2, 0) is 126 Å². The number of hydrogen-bond acceptors (Lipinski definition) is 11. The third kappa shape index (κ3) is 61.6. The molecule has 690 valence electrons. The average molecular weight is 1730 g/mol. The van der Waals surface area contributed by atoms with E-state index in [1.807, 2.05) is 86.6 Å². The summed E-state index contributed by atoms with van der Waals surface area (Å²) in [6.07, 6.45) is 21.9. The van der Waals surface area contributed by atoms with Gasteiger partial charge in [-0.1, -0.05) is 287 Å². The lowest BCUT2D eigenvalue weighted by molar-refractivity contribution is -0.144. The molecular formula is C110H154O16. The Morgan fingerprint density at radius 2 is 0.508 bits per heavy atom. The molecule has 16 heteroatoms. The van der Waals surface area contributed by atoms with Crippen molar-refractivity contribution in [2.24, 2.45) is 47.3 Å². The van der Waals surface area contributed by atoms with E-state index in [0.717, 1.165) is 126 Å². The highest BCUT2D eigenvalue weighted by Gasteiger charge is 2.11. The number of aliphatic carboxylic acids is 4. The first-order chi connectivity index (χ1) is 59.8. The largest absolute Gasteiger partial charge is 0.481 e. The van der Waals surface area contributed by atoms with E-state index in [1.165, 1.54) is 73.9 Å². The first kappa shape index (κ1) is 113. The predicted molar refractivity (Wildman–Crippen MR) is 516 cm³/mol. The van der Waals surface area contributed by atoms with Crippen molar-refractivity contribution in [3.63, 3.8) is 0 Å². The van der Waals surface area contributed by atoms with Crippen LogP contribution in [-0.4, -0.2) is 93.6 Å². The van der Waals surface area contributed by atoms with Crippen LogP contribution >= 0.6 is 0 Å². The molecule has 0 heterocycles. The number of carboxylic acid groups (broad SMARTS) is 5. The number of carbonyl (C=O) groups is 8. The minimum atomic E-state index is -0.916. The summed E-state index contributed by atoms with van der Waals surface area (Å²) >= 11 is 0. The summed E-state index contributed by atoms with van der Waals surface area (Å²) in [5, 5.41) is 42.7. The first-order valence-electron chi connectivity index (χ1n) is 45.6. The van der Waals surface area contributed by atoms with Gasteiger partial charge in [0.1, 0.15) is 0 Å². The Morgan fingerprint density at radius 3 is 0.778 bits per heavy atom. The molecular weight excluding hydrogens is 1580 g/mol. The second-order valence-electron chi connectivity index (χ2n) is 35.5. The number of aromatic carboxylic acids is 1. The fourth-order valence-electron chi connectivity index (χ4n) is 13.2. The van der Waals surface area contributed by atoms with Gasteiger partial charge in [0, 0.05) is 38.2 Å². The quantitative estimate of drug-likeness (QED) is 0.0103. The van der Waals surface area contributed by atoms with Crippen LogP contribution in [0.2, 0.25) is 0 Å². The molecule has 0 fully saturated rings. The second kappa shape index (κ2) is 67.6. The number of carboxylic acids is 5. The van der Waals surface area contributed by atoms with Crippen molar-refractivity contribution in [2.45, 2.75) is 272 Å². The Hall–Kier alpha value is -10.7. The molecule has 0 amide bonds. The van der Waals surface area contributed by atoms with Crippen LogP contribution in [0.4, 0.5) is 0 Å². The monoisotopic (exact) mass is 1730 g/mol. The normalized spacial score (nSPS) is 10.7. The minimum Gasteiger partial charge on any atom is -0.481 e. The summed E-state index contributed by atoms with van der Waals surface area (Å²) in [7, 11) is 1.39. The van der Waals surface area contributed by atoms with Gasteiger partial charge >= 0.3 is 47.8 Å². The van der Waals surface area contributed by atoms with Crippen molar-refractivity contribution >= 4 is 53.8 Å². The molecule has 8 aromatic carbocycles. The lowest BCUT2D eigenvalue weighted by atomic mass is 10.00. The van der Waals surface area contributed by atoms with E-state index in [9.17, 15) is 38.4 Å². The van der Waals surface area contributed by atoms with Crippen LogP contribution in [0.3, 0.4) is 0 Å². The Bertz CT molecular complexity index is 4280. The highest BCUT2D eigenvalue weighted by Crippen LogP contribution is 2.20. The van der Waals surface area contributed by atoms with Gasteiger partial charge in [0.15, 0.2) is 0 Å². The van der Waals surface area contributed by atoms with E-state index in [4.69, 9.17) is 35.0 Å². The fraction of sp³-hybridized carbons (Fsp3) is 0.473. The summed E-state index contributed by atoms with van der Waals surface area (Å²) in [6.45, 7) is 39.8. The Kier molecular flexibility index (Phi) is 60.8. The molecule has 5 N–H and O–H groups in total. The number of hydrogen-bond donors (Lipinski definition) is 5. The van der Waals surface area contributed by atoms with Crippen LogP contribution in [0.5, 0.6) is 0 Å². The van der Waals surface area contributed by atoms with Crippen LogP contribution < -0.4 is 0 Å². The van der Waals surface area contributed by atoms with Crippen molar-refractivity contribution in [1.82, 2.24) is 0 Å². The Morgan fingerprint density at radius 1 is 0.270 bits per heavy atom. The van der Waals surface area contributed by atoms with Crippen molar-refractivity contribution in [1.29, 1.82) is 0 Å². The summed E-state index contributed by atoms with van der Waals surface area (Å²) in [5.74, 6) is 0.913. The molecule has 0 saturated carbocycles. The van der Waals surface area contributed by atoms with Crippen molar-refractivity contribution in [3.8, 4) is 0 Å². The van der Waals surface area contributed by atoms with E-state index in [1.54, 1.807) is 18.2 Å². The maximum atomic E-state index is 11.2. The van der Waals surface area contributed by atoms with Crippen LogP contribution in [0.1, 0.15) is 287 Å². The van der Waals surface area contributed by atoms with Crippen LogP contribution in [0.15, 0.2) is 200 Å². The van der Waals surface area contributed by atoms with E-state index in [2.05, 4.69) is 225 Å². The molecule has 0 aliphatic rings. The van der Waals surface area contributed by atoms with Crippen LogP contribution in [0, 0.1) is 47.3 Å². The zero-order valence-corrected chi connectivity index (χ0v) is 79.7. The topological polar surface area (TPSA) is 265 Å². The van der Waals surface area contributed by atoms with Gasteiger partial charge in [-0.15, -0.1) is 0 Å². The van der Waals surface area contributed by atoms with E-state index < -0.39 is 29.8 Å². The summed E-state index contributed by atoms with van der Waals surface area (Å²) < 4.78 is 14.4. The minimum absolute atomic E-state index is 0.0890. The molecule has 0 aliphatic carbocycles. The number of rotatable bonds is 42. The molecule has 0 aromatic heterocycles. The number of unbranched alkanes of at least 4 members (excludes halogenated alkanes) is 2. The maximum absolute atomic E-state index is 11.2. The fourth-order valence-corrected chi connectivity index (χ4v) is 13.2. The van der Waals surface area contributed by atoms with Gasteiger partial charge in [-0.3, -0.25) is 24.0 Å². The second-order valence-corrected chi connectivity index (χ2v) is 35.5. The van der Waals surface area contributed by atoms with Crippen molar-refractivity contribution in [3.05, 3.63) is 289 Å². The standard InChI is InChI=1S/2C16H24O2.C15H22O2.C14H20O2.C13H18O2.C13H16O2.C12H16O2.C11H14O2/c1-13(2)12-15-10-8-14(9-11-15)6-4-3-5-7-16(17)18;1-4-18-16(17)7-5-6-14-8-10-15(11-9-14)12-13(2)3;1-4-17-15(16)10-9-13-5-7-14(8-6-13)11-12(2)3;1-11(2)10-13-8-6-12(7-9-13)4-3-5-14(15)16;2*1-10(2)9-12-5-3-11(4-6-12)7-8-13(14)15;1-9(2)8-10-4-6-11(7-5-10)12(13)14-3;1-8(2)7-9-3-5-10(6-4-9)11(12)13/h8-11,13H,3-7,12H2,1-2H3,(H,17,18);8-11,13H,4-7,12H2,1-3H3;5-8,12H,4,9-11H2,1-3H3;6-9,11H,3-5,10H2,1-2H3,(H,15,16);3-6,10H,7-9H2,1-2H3,(H,14,15);3-8,10H,9H2,1-2H3,(H,14,15);4-7,9H,8H2,1-3H3;3-6,8H,7H2,1-2H3,(H,12,13)/b;;;;;8-7+;;. The summed E-state index contributed by atoms with van der Waals surface area (Å²) in [6, 6.07) is 65.5. The maximum Gasteiger partial charge on any atom is 0.337 e. The predicted octanol–water partition coefficient (Wildman–Crippen LogP) is 25.7. The zero-order valence-electron chi connectivity index (χ0n) is 79.7. The number of esters is 3. The van der Waals surface area contributed by atoms with Gasteiger partial charge in [-0.2, -0.15) is 0 Å².